The van der Waals surface area contributed by atoms with Gasteiger partial charge in [-0.25, -0.2) is 0 Å². The van der Waals surface area contributed by atoms with Crippen LogP contribution >= 0.6 is 22.9 Å². The van der Waals surface area contributed by atoms with Crippen LogP contribution in [0.2, 0.25) is 5.02 Å². The van der Waals surface area contributed by atoms with Crippen LogP contribution in [0, 0.1) is 6.92 Å². The molecular weight excluding hydrogens is 592 g/mol. The third-order valence-electron chi connectivity index (χ3n) is 6.89. The number of ether oxygens (including phenoxy) is 1. The minimum absolute atomic E-state index is 0. The van der Waals surface area contributed by atoms with Gasteiger partial charge in [0.05, 0.1) is 17.0 Å². The normalized spacial score (nSPS) is 10.7. The Kier molecular flexibility index (Phi) is 16.4. The number of thiazole rings is 1. The van der Waals surface area contributed by atoms with E-state index in [1.165, 1.54) is 76.3 Å². The average molecular weight is 636 g/mol. The van der Waals surface area contributed by atoms with E-state index in [0.29, 0.717) is 28.6 Å². The summed E-state index contributed by atoms with van der Waals surface area (Å²) in [5.74, 6) is 0.510. The molecule has 2 aromatic carbocycles. The molecule has 0 atom stereocenters. The lowest BCUT2D eigenvalue weighted by Crippen LogP contribution is -3.00. The summed E-state index contributed by atoms with van der Waals surface area (Å²) >= 11 is 8.12. The van der Waals surface area contributed by atoms with Crippen molar-refractivity contribution in [3.63, 3.8) is 0 Å². The highest BCUT2D eigenvalue weighted by molar-refractivity contribution is 7.07. The van der Waals surface area contributed by atoms with Gasteiger partial charge < -0.3 is 27.0 Å². The van der Waals surface area contributed by atoms with E-state index in [2.05, 4.69) is 34.6 Å². The Bertz CT molecular complexity index is 1100. The molecule has 3 rings (SSSR count). The van der Waals surface area contributed by atoms with E-state index in [1.807, 2.05) is 36.4 Å². The van der Waals surface area contributed by atoms with Crippen molar-refractivity contribution in [1.29, 1.82) is 0 Å². The first-order valence-electron chi connectivity index (χ1n) is 14.3. The van der Waals surface area contributed by atoms with Crippen molar-refractivity contribution in [2.75, 3.05) is 11.9 Å². The van der Waals surface area contributed by atoms with Crippen LogP contribution in [-0.4, -0.2) is 12.5 Å². The van der Waals surface area contributed by atoms with E-state index in [0.717, 1.165) is 18.5 Å². The molecule has 1 amide bonds. The maximum atomic E-state index is 12.7. The Morgan fingerprint density at radius 3 is 2.08 bits per heavy atom. The number of halogens is 2. The fourth-order valence-corrected chi connectivity index (χ4v) is 5.51. The molecule has 1 N–H and O–H groups in total. The van der Waals surface area contributed by atoms with Gasteiger partial charge in [0, 0.05) is 23.7 Å². The predicted molar refractivity (Wildman–Crippen MR) is 161 cm³/mol. The van der Waals surface area contributed by atoms with Gasteiger partial charge in [-0.3, -0.25) is 4.79 Å². The Balaban J connectivity index is 0.00000533. The number of nitrogens with zero attached hydrogens (tertiary/aromatic N) is 1. The molecule has 1 aromatic heterocycles. The highest BCUT2D eigenvalue weighted by Crippen LogP contribution is 2.28. The summed E-state index contributed by atoms with van der Waals surface area (Å²) in [4.78, 5) is 12.7. The van der Waals surface area contributed by atoms with Crippen LogP contribution in [0.5, 0.6) is 5.75 Å². The van der Waals surface area contributed by atoms with Gasteiger partial charge in [0.2, 0.25) is 5.51 Å². The van der Waals surface area contributed by atoms with Crippen LogP contribution in [0.15, 0.2) is 53.4 Å². The lowest BCUT2D eigenvalue weighted by atomic mass is 10.1. The van der Waals surface area contributed by atoms with Crippen molar-refractivity contribution in [3.05, 3.63) is 75.2 Å². The number of benzene rings is 2. The van der Waals surface area contributed by atoms with Gasteiger partial charge in [0.1, 0.15) is 5.75 Å². The average Bonchev–Trinajstić information content (AvgIpc) is 3.32. The number of nitrogens with one attached hydrogen (secondary N) is 1. The molecule has 0 aliphatic rings. The number of carbonyl (C=O) groups is 1. The third-order valence-corrected chi connectivity index (χ3v) is 8.04. The van der Waals surface area contributed by atoms with Gasteiger partial charge in [-0.15, -0.1) is 0 Å². The van der Waals surface area contributed by atoms with Crippen LogP contribution in [0.3, 0.4) is 0 Å². The van der Waals surface area contributed by atoms with Crippen LogP contribution in [0.25, 0.3) is 0 Å². The Morgan fingerprint density at radius 1 is 0.897 bits per heavy atom. The lowest BCUT2D eigenvalue weighted by Gasteiger charge is -2.11. The van der Waals surface area contributed by atoms with Crippen molar-refractivity contribution < 1.29 is 31.1 Å². The topological polar surface area (TPSA) is 42.2 Å². The maximum Gasteiger partial charge on any atom is 0.255 e. The summed E-state index contributed by atoms with van der Waals surface area (Å²) in [6.45, 7) is 5.83. The summed E-state index contributed by atoms with van der Waals surface area (Å²) in [6, 6.07) is 13.1. The van der Waals surface area contributed by atoms with Gasteiger partial charge in [0.15, 0.2) is 12.2 Å². The highest BCUT2D eigenvalue weighted by atomic mass is 79.9. The summed E-state index contributed by atoms with van der Waals surface area (Å²) < 4.78 is 8.09. The number of aromatic nitrogens is 1. The van der Waals surface area contributed by atoms with Crippen LogP contribution < -0.4 is 31.6 Å². The van der Waals surface area contributed by atoms with Gasteiger partial charge in [-0.2, -0.15) is 4.57 Å². The summed E-state index contributed by atoms with van der Waals surface area (Å²) in [6.07, 6.45) is 15.9. The second kappa shape index (κ2) is 19.2. The van der Waals surface area contributed by atoms with Gasteiger partial charge in [-0.1, -0.05) is 113 Å². The lowest BCUT2D eigenvalue weighted by molar-refractivity contribution is -0.689. The third kappa shape index (κ3) is 12.4. The smallest absolute Gasteiger partial charge is 0.255 e. The first-order chi connectivity index (χ1) is 18.6. The van der Waals surface area contributed by atoms with Crippen molar-refractivity contribution in [2.24, 2.45) is 0 Å². The number of hydrogen-bond donors (Lipinski definition) is 1. The Morgan fingerprint density at radius 2 is 1.51 bits per heavy atom. The quantitative estimate of drug-likeness (QED) is 0.130. The minimum Gasteiger partial charge on any atom is -1.00 e. The molecule has 0 saturated carbocycles. The van der Waals surface area contributed by atoms with Gasteiger partial charge in [-0.05, 0) is 36.8 Å². The van der Waals surface area contributed by atoms with Crippen LogP contribution in [-0.2, 0) is 6.54 Å². The zero-order valence-electron chi connectivity index (χ0n) is 23.5. The van der Waals surface area contributed by atoms with E-state index in [1.54, 1.807) is 17.4 Å². The SMILES string of the molecule is CCCCCCCCCCCCCCOc1ccc(NC(=O)c2ccc(C[n+]3cscc3C)cc2)cc1Cl.[Br-]. The monoisotopic (exact) mass is 634 g/mol. The molecule has 4 nitrogen and oxygen atoms in total. The maximum absolute atomic E-state index is 12.7. The van der Waals surface area contributed by atoms with Crippen molar-refractivity contribution in [2.45, 2.75) is 97.4 Å². The number of hydrogen-bond acceptors (Lipinski definition) is 3. The summed E-state index contributed by atoms with van der Waals surface area (Å²) in [5, 5.41) is 5.58. The number of unbranched alkanes of at least 4 members (excludes halogenated alkanes) is 11. The van der Waals surface area contributed by atoms with Crippen molar-refractivity contribution in [3.8, 4) is 5.75 Å². The molecule has 0 spiro atoms. The van der Waals surface area contributed by atoms with Crippen molar-refractivity contribution in [1.82, 2.24) is 0 Å². The molecular formula is C32H44BrClN2O2S. The molecule has 0 unspecified atom stereocenters. The Hall–Kier alpha value is -1.89. The zero-order valence-corrected chi connectivity index (χ0v) is 26.7. The predicted octanol–water partition coefficient (Wildman–Crippen LogP) is 6.38. The fraction of sp³-hybridized carbons (Fsp3) is 0.500. The molecule has 214 valence electrons. The molecule has 0 fully saturated rings. The zero-order chi connectivity index (χ0) is 27.0. The standard InChI is InChI=1S/C32H43ClN2O2S.BrH/c1-3-4-5-6-7-8-9-10-11-12-13-14-21-37-31-20-19-29(22-30(31)33)34-32(36)28-17-15-27(16-18-28)23-35-25-38-24-26(35)2;/h15-20,22,24-25H,3-14,21,23H2,1-2H3;1H. The minimum atomic E-state index is -0.155. The molecule has 7 heteroatoms. The molecule has 3 aromatic rings. The molecule has 39 heavy (non-hydrogen) atoms. The van der Waals surface area contributed by atoms with E-state index in [4.69, 9.17) is 16.3 Å². The number of aryl methyl sites for hydroxylation is 1. The van der Waals surface area contributed by atoms with Gasteiger partial charge in [0.25, 0.3) is 5.91 Å². The molecule has 0 aliphatic heterocycles. The highest BCUT2D eigenvalue weighted by Gasteiger charge is 2.11. The summed E-state index contributed by atoms with van der Waals surface area (Å²) in [7, 11) is 0. The molecule has 0 aliphatic carbocycles. The first kappa shape index (κ1) is 33.3. The van der Waals surface area contributed by atoms with E-state index in [-0.39, 0.29) is 22.9 Å². The number of amides is 1. The van der Waals surface area contributed by atoms with Gasteiger partial charge >= 0.3 is 0 Å². The van der Waals surface area contributed by atoms with E-state index < -0.39 is 0 Å². The second-order valence-electron chi connectivity index (χ2n) is 10.2. The number of rotatable bonds is 18. The van der Waals surface area contributed by atoms with Crippen LogP contribution in [0.4, 0.5) is 5.69 Å². The van der Waals surface area contributed by atoms with Crippen molar-refractivity contribution >= 4 is 34.5 Å². The molecule has 0 radical (unpaired) electrons. The van der Waals surface area contributed by atoms with E-state index >= 15 is 0 Å². The summed E-state index contributed by atoms with van der Waals surface area (Å²) in [5.41, 5.74) is 5.77. The fourth-order valence-electron chi connectivity index (χ4n) is 4.50. The first-order valence-corrected chi connectivity index (χ1v) is 15.6. The molecule has 1 heterocycles. The molecule has 0 saturated heterocycles. The van der Waals surface area contributed by atoms with E-state index in [9.17, 15) is 4.79 Å². The number of carbonyl (C=O) groups excluding carboxylic acids is 1. The molecule has 0 bridgehead atoms. The Labute approximate surface area is 254 Å². The second-order valence-corrected chi connectivity index (χ2v) is 11.3. The number of anilines is 1. The largest absolute Gasteiger partial charge is 1.00 e. The van der Waals surface area contributed by atoms with Crippen LogP contribution in [0.1, 0.15) is 106 Å².